The molecule has 0 spiro atoms. The number of nitriles is 1. The Morgan fingerprint density at radius 3 is 2.17 bits per heavy atom. The van der Waals surface area contributed by atoms with E-state index in [9.17, 15) is 5.26 Å². The molecule has 41 heavy (non-hydrogen) atoms. The van der Waals surface area contributed by atoms with Crippen LogP contribution in [0.2, 0.25) is 17.3 Å². The third-order valence-corrected chi connectivity index (χ3v) is 13.7. The fourth-order valence-electron chi connectivity index (χ4n) is 6.90. The van der Waals surface area contributed by atoms with Gasteiger partial charge < -0.3 is 0 Å². The predicted octanol–water partition coefficient (Wildman–Crippen LogP) is 8.82. The molecule has 0 fully saturated rings. The monoisotopic (exact) mass is 603 g/mol. The Morgan fingerprint density at radius 2 is 1.51 bits per heavy atom. The SMILES string of the molecule is Cc1ccc2c(oc3c(-c4ccc5c(c4)C(C)(C)CCC5(C)C)c(C#N)[c]([Ge]([CH3])([CH3])[CH3])cc32)c1-c1cccc[n+]1C. The molecule has 3 aromatic carbocycles. The molecule has 4 heteroatoms. The van der Waals surface area contributed by atoms with Crippen LogP contribution >= 0.6 is 0 Å². The summed E-state index contributed by atoms with van der Waals surface area (Å²) < 4.78 is 10.4. The number of pyridine rings is 1. The summed E-state index contributed by atoms with van der Waals surface area (Å²) in [5.74, 6) is 7.14. The van der Waals surface area contributed by atoms with Crippen molar-refractivity contribution in [2.24, 2.45) is 7.05 Å². The molecule has 2 heterocycles. The number of rotatable bonds is 3. The standard InChI is InChI=1S/C37H41GeN2O/c1-23-13-15-25-26-21-30(38(6,7)8)27(22-39)33(35(26)41-34(25)32(23)31-12-10-11-19-40(31)9)24-14-16-28-29(20-24)37(4,5)18-17-36(28,2)3/h10-16,19-21H,17-18H2,1-9H3/q+1. The van der Waals surface area contributed by atoms with Gasteiger partial charge in [0, 0.05) is 0 Å². The fourth-order valence-corrected chi connectivity index (χ4v) is 10.1. The summed E-state index contributed by atoms with van der Waals surface area (Å²) in [6, 6.07) is 22.6. The topological polar surface area (TPSA) is 40.8 Å². The van der Waals surface area contributed by atoms with E-state index in [2.05, 4.69) is 130 Å². The van der Waals surface area contributed by atoms with Crippen molar-refractivity contribution >= 4 is 39.6 Å². The first-order valence-corrected chi connectivity index (χ1v) is 22.1. The zero-order valence-corrected chi connectivity index (χ0v) is 28.1. The number of aryl methyl sites for hydroxylation is 2. The second-order valence-corrected chi connectivity index (χ2v) is 24.9. The summed E-state index contributed by atoms with van der Waals surface area (Å²) in [6.45, 7) is 11.6. The second kappa shape index (κ2) is 9.33. The van der Waals surface area contributed by atoms with Crippen molar-refractivity contribution in [2.75, 3.05) is 0 Å². The van der Waals surface area contributed by atoms with Crippen molar-refractivity contribution in [3.05, 3.63) is 83.0 Å². The van der Waals surface area contributed by atoms with Crippen LogP contribution in [0.4, 0.5) is 0 Å². The van der Waals surface area contributed by atoms with Gasteiger partial charge in [0.15, 0.2) is 0 Å². The van der Waals surface area contributed by atoms with Gasteiger partial charge in [0.1, 0.15) is 0 Å². The predicted molar refractivity (Wildman–Crippen MR) is 173 cm³/mol. The molecule has 0 atom stereocenters. The van der Waals surface area contributed by atoms with Crippen molar-refractivity contribution in [1.29, 1.82) is 5.26 Å². The molecular weight excluding hydrogens is 561 g/mol. The zero-order valence-electron chi connectivity index (χ0n) is 26.0. The quantitative estimate of drug-likeness (QED) is 0.153. The average Bonchev–Trinajstić information content (AvgIpc) is 3.28. The van der Waals surface area contributed by atoms with Crippen LogP contribution < -0.4 is 8.96 Å². The summed E-state index contributed by atoms with van der Waals surface area (Å²) in [4.78, 5) is 0. The molecule has 0 unspecified atom stereocenters. The number of furan rings is 1. The second-order valence-electron chi connectivity index (χ2n) is 14.4. The molecular formula is C37H41GeN2O+. The van der Waals surface area contributed by atoms with E-state index in [1.54, 1.807) is 0 Å². The summed E-state index contributed by atoms with van der Waals surface area (Å²) in [5.41, 5.74) is 11.0. The summed E-state index contributed by atoms with van der Waals surface area (Å²) in [5, 5.41) is 13.0. The average molecular weight is 602 g/mol. The number of hydrogen-bond donors (Lipinski definition) is 0. The first-order valence-electron chi connectivity index (χ1n) is 14.8. The summed E-state index contributed by atoms with van der Waals surface area (Å²) in [7, 11) is 2.08. The number of fused-ring (bicyclic) bond motifs is 4. The van der Waals surface area contributed by atoms with Gasteiger partial charge in [-0.15, -0.1) is 0 Å². The third-order valence-electron chi connectivity index (χ3n) is 9.51. The van der Waals surface area contributed by atoms with Crippen LogP contribution in [-0.2, 0) is 17.9 Å². The van der Waals surface area contributed by atoms with Gasteiger partial charge in [-0.25, -0.2) is 0 Å². The molecule has 208 valence electrons. The molecule has 1 aliphatic rings. The van der Waals surface area contributed by atoms with E-state index in [4.69, 9.17) is 4.42 Å². The number of hydrogen-bond acceptors (Lipinski definition) is 2. The fraction of sp³-hybridized carbons (Fsp3) is 0.351. The normalized spacial score (nSPS) is 16.1. The van der Waals surface area contributed by atoms with E-state index in [0.717, 1.165) is 56.3 Å². The maximum absolute atomic E-state index is 10.7. The van der Waals surface area contributed by atoms with Gasteiger partial charge in [-0.05, 0) is 0 Å². The van der Waals surface area contributed by atoms with Crippen molar-refractivity contribution < 1.29 is 8.98 Å². The molecule has 5 aromatic rings. The van der Waals surface area contributed by atoms with Gasteiger partial charge in [0.2, 0.25) is 0 Å². The summed E-state index contributed by atoms with van der Waals surface area (Å²) in [6.07, 6.45) is 4.41. The van der Waals surface area contributed by atoms with E-state index in [1.807, 2.05) is 0 Å². The van der Waals surface area contributed by atoms with Crippen LogP contribution in [0, 0.1) is 18.3 Å². The number of aromatic nitrogens is 1. The molecule has 0 amide bonds. The number of nitrogens with zero attached hydrogens (tertiary/aromatic N) is 2. The van der Waals surface area contributed by atoms with Crippen LogP contribution in [-0.4, -0.2) is 13.3 Å². The maximum atomic E-state index is 10.7. The molecule has 2 aromatic heterocycles. The van der Waals surface area contributed by atoms with Gasteiger partial charge in [-0.2, -0.15) is 0 Å². The van der Waals surface area contributed by atoms with Gasteiger partial charge >= 0.3 is 248 Å². The minimum absolute atomic E-state index is 0.0758. The van der Waals surface area contributed by atoms with E-state index in [0.29, 0.717) is 0 Å². The first kappa shape index (κ1) is 27.8. The van der Waals surface area contributed by atoms with Gasteiger partial charge in [-0.3, -0.25) is 0 Å². The van der Waals surface area contributed by atoms with E-state index in [-0.39, 0.29) is 10.8 Å². The molecule has 0 saturated heterocycles. The van der Waals surface area contributed by atoms with E-state index < -0.39 is 13.3 Å². The first-order chi connectivity index (χ1) is 19.2. The molecule has 0 radical (unpaired) electrons. The van der Waals surface area contributed by atoms with Crippen LogP contribution in [0.15, 0.2) is 65.2 Å². The van der Waals surface area contributed by atoms with Crippen LogP contribution in [0.25, 0.3) is 44.3 Å². The van der Waals surface area contributed by atoms with Crippen molar-refractivity contribution in [3.8, 4) is 28.5 Å². The number of benzene rings is 3. The molecule has 0 aliphatic heterocycles. The molecule has 1 aliphatic carbocycles. The molecule has 6 rings (SSSR count). The summed E-state index contributed by atoms with van der Waals surface area (Å²) >= 11 is -2.47. The van der Waals surface area contributed by atoms with Crippen molar-refractivity contribution in [2.45, 2.75) is 75.6 Å². The minimum atomic E-state index is -2.47. The van der Waals surface area contributed by atoms with Gasteiger partial charge in [0.25, 0.3) is 0 Å². The van der Waals surface area contributed by atoms with Crippen LogP contribution in [0.3, 0.4) is 0 Å². The zero-order chi connectivity index (χ0) is 29.5. The molecule has 3 nitrogen and oxygen atoms in total. The third kappa shape index (κ3) is 4.34. The Morgan fingerprint density at radius 1 is 0.829 bits per heavy atom. The van der Waals surface area contributed by atoms with E-state index in [1.165, 1.54) is 27.5 Å². The Hall–Kier alpha value is -3.36. The molecule has 0 saturated carbocycles. The Bertz CT molecular complexity index is 1910. The van der Waals surface area contributed by atoms with Crippen LogP contribution in [0.5, 0.6) is 0 Å². The molecule has 0 bridgehead atoms. The Labute approximate surface area is 247 Å². The van der Waals surface area contributed by atoms with Crippen molar-refractivity contribution in [1.82, 2.24) is 0 Å². The Balaban J connectivity index is 1.77. The van der Waals surface area contributed by atoms with Crippen molar-refractivity contribution in [3.63, 3.8) is 0 Å². The van der Waals surface area contributed by atoms with E-state index >= 15 is 0 Å². The van der Waals surface area contributed by atoms with Crippen LogP contribution in [0.1, 0.15) is 62.8 Å². The Kier molecular flexibility index (Phi) is 6.32. The van der Waals surface area contributed by atoms with Gasteiger partial charge in [0.05, 0.1) is 0 Å². The van der Waals surface area contributed by atoms with Gasteiger partial charge in [-0.1, -0.05) is 0 Å². The molecule has 0 N–H and O–H groups in total.